The Labute approximate surface area is 117 Å². The summed E-state index contributed by atoms with van der Waals surface area (Å²) in [4.78, 5) is 14.8. The van der Waals surface area contributed by atoms with Gasteiger partial charge in [-0.15, -0.1) is 0 Å². The second-order valence-corrected chi connectivity index (χ2v) is 5.12. The van der Waals surface area contributed by atoms with E-state index in [9.17, 15) is 15.2 Å². The van der Waals surface area contributed by atoms with E-state index in [1.54, 1.807) is 6.07 Å². The van der Waals surface area contributed by atoms with Crippen molar-refractivity contribution in [2.45, 2.75) is 32.3 Å². The monoisotopic (exact) mass is 280 g/mol. The summed E-state index contributed by atoms with van der Waals surface area (Å²) in [5, 5.41) is 26.4. The van der Waals surface area contributed by atoms with E-state index >= 15 is 0 Å². The van der Waals surface area contributed by atoms with Gasteiger partial charge in [-0.1, -0.05) is 6.92 Å². The molecule has 7 heteroatoms. The number of nitro groups is 1. The van der Waals surface area contributed by atoms with Crippen molar-refractivity contribution in [1.29, 1.82) is 0 Å². The van der Waals surface area contributed by atoms with Crippen LogP contribution in [0.3, 0.4) is 0 Å². The quantitative estimate of drug-likeness (QED) is 0.521. The van der Waals surface area contributed by atoms with Gasteiger partial charge in [-0.05, 0) is 31.2 Å². The summed E-state index contributed by atoms with van der Waals surface area (Å²) in [7, 11) is 0. The van der Waals surface area contributed by atoms with Gasteiger partial charge in [0, 0.05) is 19.2 Å². The van der Waals surface area contributed by atoms with E-state index in [0.717, 1.165) is 25.8 Å². The number of rotatable bonds is 7. The second kappa shape index (κ2) is 6.51. The summed E-state index contributed by atoms with van der Waals surface area (Å²) in [6, 6.07) is 3.08. The Kier molecular flexibility index (Phi) is 4.73. The fourth-order valence-corrected chi connectivity index (χ4v) is 2.19. The Hall–Kier alpha value is -1.89. The Balaban J connectivity index is 2.03. The van der Waals surface area contributed by atoms with Gasteiger partial charge in [-0.25, -0.2) is 4.98 Å². The normalized spacial score (nSPS) is 21.1. The van der Waals surface area contributed by atoms with Crippen molar-refractivity contribution < 1.29 is 10.0 Å². The van der Waals surface area contributed by atoms with Gasteiger partial charge in [-0.2, -0.15) is 0 Å². The van der Waals surface area contributed by atoms with Crippen LogP contribution in [-0.2, 0) is 0 Å². The smallest absolute Gasteiger partial charge is 0.311 e. The minimum Gasteiger partial charge on any atom is -0.393 e. The molecule has 0 aliphatic heterocycles. The summed E-state index contributed by atoms with van der Waals surface area (Å²) in [5.41, 5.74) is -0.0214. The lowest BCUT2D eigenvalue weighted by atomic mass is 9.82. The zero-order valence-corrected chi connectivity index (χ0v) is 11.5. The van der Waals surface area contributed by atoms with Crippen LogP contribution >= 0.6 is 0 Å². The molecule has 0 unspecified atom stereocenters. The molecule has 1 aliphatic rings. The molecule has 0 spiro atoms. The second-order valence-electron chi connectivity index (χ2n) is 5.12. The van der Waals surface area contributed by atoms with Gasteiger partial charge in [0.15, 0.2) is 0 Å². The number of anilines is 2. The summed E-state index contributed by atoms with van der Waals surface area (Å²) in [5.74, 6) is 1.28. The van der Waals surface area contributed by atoms with Crippen molar-refractivity contribution in [3.63, 3.8) is 0 Å². The molecule has 110 valence electrons. The van der Waals surface area contributed by atoms with Gasteiger partial charge in [-0.3, -0.25) is 10.1 Å². The number of hydrogen-bond acceptors (Lipinski definition) is 6. The molecule has 1 heterocycles. The maximum absolute atomic E-state index is 11.0. The third kappa shape index (κ3) is 3.57. The molecular weight excluding hydrogens is 260 g/mol. The fraction of sp³-hybridized carbons (Fsp3) is 0.615. The number of nitrogens with one attached hydrogen (secondary N) is 2. The number of nitrogens with zero attached hydrogens (tertiary/aromatic N) is 2. The molecule has 1 fully saturated rings. The largest absolute Gasteiger partial charge is 0.393 e. The Morgan fingerprint density at radius 2 is 2.20 bits per heavy atom. The minimum atomic E-state index is -0.436. The lowest BCUT2D eigenvalue weighted by molar-refractivity contribution is -0.384. The molecule has 1 aromatic heterocycles. The number of pyridine rings is 1. The number of aromatic nitrogens is 1. The van der Waals surface area contributed by atoms with E-state index in [1.807, 2.05) is 6.92 Å². The molecule has 7 nitrogen and oxygen atoms in total. The van der Waals surface area contributed by atoms with Crippen LogP contribution < -0.4 is 10.6 Å². The molecule has 0 radical (unpaired) electrons. The highest BCUT2D eigenvalue weighted by atomic mass is 16.6. The van der Waals surface area contributed by atoms with Crippen molar-refractivity contribution in [2.24, 2.45) is 5.92 Å². The maximum Gasteiger partial charge on any atom is 0.311 e. The summed E-state index contributed by atoms with van der Waals surface area (Å²) >= 11 is 0. The maximum atomic E-state index is 11.0. The molecule has 1 aromatic rings. The molecule has 2 rings (SSSR count). The molecule has 1 saturated carbocycles. The van der Waals surface area contributed by atoms with Crippen molar-refractivity contribution in [3.8, 4) is 0 Å². The molecule has 0 atom stereocenters. The van der Waals surface area contributed by atoms with Crippen LogP contribution in [0.2, 0.25) is 0 Å². The highest BCUT2D eigenvalue weighted by molar-refractivity contribution is 5.60. The van der Waals surface area contributed by atoms with Crippen LogP contribution in [0.15, 0.2) is 12.1 Å². The zero-order chi connectivity index (χ0) is 14.5. The first-order valence-corrected chi connectivity index (χ1v) is 6.91. The molecule has 1 aliphatic carbocycles. The molecule has 0 bridgehead atoms. The first-order chi connectivity index (χ1) is 9.60. The van der Waals surface area contributed by atoms with E-state index in [4.69, 9.17) is 0 Å². The Bertz CT molecular complexity index is 475. The average molecular weight is 280 g/mol. The van der Waals surface area contributed by atoms with E-state index in [-0.39, 0.29) is 17.6 Å². The molecule has 0 saturated heterocycles. The van der Waals surface area contributed by atoms with Crippen molar-refractivity contribution in [3.05, 3.63) is 22.2 Å². The highest BCUT2D eigenvalue weighted by Gasteiger charge is 2.27. The Morgan fingerprint density at radius 3 is 2.80 bits per heavy atom. The zero-order valence-electron chi connectivity index (χ0n) is 11.5. The number of aliphatic hydroxyl groups excluding tert-OH is 1. The summed E-state index contributed by atoms with van der Waals surface area (Å²) in [6.07, 6.45) is 2.23. The van der Waals surface area contributed by atoms with Gasteiger partial charge >= 0.3 is 5.69 Å². The molecule has 20 heavy (non-hydrogen) atoms. The third-order valence-electron chi connectivity index (χ3n) is 3.40. The number of aliphatic hydroxyl groups is 1. The van der Waals surface area contributed by atoms with E-state index in [0.29, 0.717) is 18.3 Å². The van der Waals surface area contributed by atoms with Crippen LogP contribution in [0.25, 0.3) is 0 Å². The Morgan fingerprint density at radius 1 is 1.45 bits per heavy atom. The fourth-order valence-electron chi connectivity index (χ4n) is 2.19. The lowest BCUT2D eigenvalue weighted by Crippen LogP contribution is -2.33. The summed E-state index contributed by atoms with van der Waals surface area (Å²) in [6.45, 7) is 3.42. The predicted molar refractivity (Wildman–Crippen MR) is 76.9 cm³/mol. The van der Waals surface area contributed by atoms with Crippen LogP contribution in [-0.4, -0.2) is 34.2 Å². The van der Waals surface area contributed by atoms with Crippen LogP contribution in [0.4, 0.5) is 17.3 Å². The first-order valence-electron chi connectivity index (χ1n) is 6.91. The van der Waals surface area contributed by atoms with E-state index in [1.165, 1.54) is 6.07 Å². The first kappa shape index (κ1) is 14.5. The lowest BCUT2D eigenvalue weighted by Gasteiger charge is -2.31. The van der Waals surface area contributed by atoms with Crippen LogP contribution in [0.5, 0.6) is 0 Å². The van der Waals surface area contributed by atoms with Crippen LogP contribution in [0.1, 0.15) is 26.2 Å². The van der Waals surface area contributed by atoms with E-state index in [2.05, 4.69) is 15.6 Å². The topological polar surface area (TPSA) is 100 Å². The van der Waals surface area contributed by atoms with Crippen molar-refractivity contribution in [1.82, 2.24) is 4.98 Å². The van der Waals surface area contributed by atoms with Gasteiger partial charge in [0.1, 0.15) is 5.82 Å². The van der Waals surface area contributed by atoms with Gasteiger partial charge in [0.2, 0.25) is 5.82 Å². The molecule has 3 N–H and O–H groups in total. The van der Waals surface area contributed by atoms with Gasteiger partial charge < -0.3 is 15.7 Å². The van der Waals surface area contributed by atoms with Gasteiger partial charge in [0.05, 0.1) is 11.0 Å². The average Bonchev–Trinajstić information content (AvgIpc) is 2.39. The molecule has 0 aromatic carbocycles. The molecule has 0 amide bonds. The van der Waals surface area contributed by atoms with Crippen molar-refractivity contribution >= 4 is 17.3 Å². The SMILES string of the molecule is CCCNc1ccc([N+](=O)[O-])c(NCC2CC(O)C2)n1. The van der Waals surface area contributed by atoms with Gasteiger partial charge in [0.25, 0.3) is 0 Å². The third-order valence-corrected chi connectivity index (χ3v) is 3.40. The van der Waals surface area contributed by atoms with Crippen molar-refractivity contribution in [2.75, 3.05) is 23.7 Å². The minimum absolute atomic E-state index is 0.0214. The van der Waals surface area contributed by atoms with E-state index < -0.39 is 4.92 Å². The van der Waals surface area contributed by atoms with Crippen LogP contribution in [0, 0.1) is 16.0 Å². The molecular formula is C13H20N4O3. The highest BCUT2D eigenvalue weighted by Crippen LogP contribution is 2.29. The number of hydrogen-bond donors (Lipinski definition) is 3. The summed E-state index contributed by atoms with van der Waals surface area (Å²) < 4.78 is 0. The standard InChI is InChI=1S/C13H20N4O3/c1-2-5-14-12-4-3-11(17(19)20)13(16-12)15-8-9-6-10(18)7-9/h3-4,9-10,18H,2,5-8H2,1H3,(H2,14,15,16). The predicted octanol–water partition coefficient (Wildman–Crippen LogP) is 1.99.